The van der Waals surface area contributed by atoms with Gasteiger partial charge in [-0.2, -0.15) is 0 Å². The minimum atomic E-state index is -1.25. The summed E-state index contributed by atoms with van der Waals surface area (Å²) < 4.78 is 0. The maximum atomic E-state index is 12.5. The Bertz CT molecular complexity index is 566. The lowest BCUT2D eigenvalue weighted by Crippen LogP contribution is -2.56. The molecule has 0 aliphatic heterocycles. The highest BCUT2D eigenvalue weighted by Crippen LogP contribution is 2.07. The monoisotopic (exact) mass is 387 g/mol. The van der Waals surface area contributed by atoms with Gasteiger partial charge in [0.1, 0.15) is 18.1 Å². The Hall–Kier alpha value is -2.69. The summed E-state index contributed by atoms with van der Waals surface area (Å²) in [7, 11) is 0. The van der Waals surface area contributed by atoms with E-state index in [1.807, 2.05) is 13.8 Å². The number of rotatable bonds is 12. The molecule has 11 heteroatoms. The molecule has 0 aliphatic rings. The lowest BCUT2D eigenvalue weighted by molar-refractivity contribution is -0.142. The Morgan fingerprint density at radius 1 is 0.926 bits per heavy atom. The maximum Gasteiger partial charge on any atom is 0.325 e. The highest BCUT2D eigenvalue weighted by atomic mass is 16.4. The van der Waals surface area contributed by atoms with Gasteiger partial charge in [-0.05, 0) is 25.7 Å². The summed E-state index contributed by atoms with van der Waals surface area (Å²) in [4.78, 5) is 58.3. The molecular weight excluding hydrogens is 358 g/mol. The first-order valence-electron chi connectivity index (χ1n) is 8.59. The van der Waals surface area contributed by atoms with Crippen LogP contribution in [0.1, 0.15) is 40.0 Å². The van der Waals surface area contributed by atoms with Crippen LogP contribution in [0.2, 0.25) is 0 Å². The van der Waals surface area contributed by atoms with Crippen molar-refractivity contribution >= 4 is 29.6 Å². The number of hydrogen-bond donors (Lipinski definition) is 6. The Kier molecular flexibility index (Phi) is 10.7. The zero-order valence-corrected chi connectivity index (χ0v) is 15.8. The third kappa shape index (κ3) is 10.1. The predicted octanol–water partition coefficient (Wildman–Crippen LogP) is -2.18. The minimum absolute atomic E-state index is 0.0590. The van der Waals surface area contributed by atoms with Crippen molar-refractivity contribution in [1.29, 1.82) is 0 Å². The number of carbonyl (C=O) groups is 5. The van der Waals surface area contributed by atoms with Gasteiger partial charge in [0.25, 0.3) is 0 Å². The number of carboxylic acids is 1. The van der Waals surface area contributed by atoms with E-state index < -0.39 is 47.7 Å². The van der Waals surface area contributed by atoms with Crippen LogP contribution < -0.4 is 27.4 Å². The summed E-state index contributed by atoms with van der Waals surface area (Å²) in [5.74, 6) is -3.82. The molecule has 0 heterocycles. The van der Waals surface area contributed by atoms with E-state index in [9.17, 15) is 24.0 Å². The van der Waals surface area contributed by atoms with Crippen LogP contribution in [0.15, 0.2) is 0 Å². The molecule has 0 bridgehead atoms. The van der Waals surface area contributed by atoms with Gasteiger partial charge < -0.3 is 32.5 Å². The summed E-state index contributed by atoms with van der Waals surface area (Å²) in [6.07, 6.45) is -0.00440. The minimum Gasteiger partial charge on any atom is -0.480 e. The Morgan fingerprint density at radius 2 is 1.48 bits per heavy atom. The molecule has 0 saturated heterocycles. The van der Waals surface area contributed by atoms with Crippen molar-refractivity contribution in [3.63, 3.8) is 0 Å². The molecule has 0 radical (unpaired) electrons. The molecule has 0 aromatic heterocycles. The second kappa shape index (κ2) is 11.8. The number of amides is 4. The van der Waals surface area contributed by atoms with Gasteiger partial charge in [0.05, 0.1) is 6.54 Å². The van der Waals surface area contributed by atoms with Crippen molar-refractivity contribution in [2.75, 3.05) is 6.54 Å². The van der Waals surface area contributed by atoms with E-state index in [0.29, 0.717) is 6.42 Å². The molecule has 0 aliphatic carbocycles. The van der Waals surface area contributed by atoms with Crippen LogP contribution in [0.25, 0.3) is 0 Å². The number of primary amides is 1. The van der Waals surface area contributed by atoms with E-state index in [0.717, 1.165) is 0 Å². The average molecular weight is 387 g/mol. The Labute approximate surface area is 157 Å². The van der Waals surface area contributed by atoms with Crippen LogP contribution in [0.3, 0.4) is 0 Å². The highest BCUT2D eigenvalue weighted by Gasteiger charge is 2.28. The molecule has 3 unspecified atom stereocenters. The van der Waals surface area contributed by atoms with Gasteiger partial charge in [0.15, 0.2) is 0 Å². The van der Waals surface area contributed by atoms with Gasteiger partial charge in [-0.25, -0.2) is 0 Å². The fraction of sp³-hybridized carbons (Fsp3) is 0.688. The van der Waals surface area contributed by atoms with Gasteiger partial charge in [0.2, 0.25) is 23.6 Å². The van der Waals surface area contributed by atoms with Crippen molar-refractivity contribution in [2.24, 2.45) is 17.4 Å². The molecule has 4 amide bonds. The van der Waals surface area contributed by atoms with Crippen molar-refractivity contribution in [2.45, 2.75) is 58.2 Å². The van der Waals surface area contributed by atoms with Crippen LogP contribution in [-0.4, -0.2) is 59.4 Å². The van der Waals surface area contributed by atoms with Crippen LogP contribution in [0.4, 0.5) is 0 Å². The fourth-order valence-corrected chi connectivity index (χ4v) is 2.16. The lowest BCUT2D eigenvalue weighted by Gasteiger charge is -2.24. The zero-order valence-electron chi connectivity index (χ0n) is 15.8. The molecule has 0 fully saturated rings. The smallest absolute Gasteiger partial charge is 0.325 e. The van der Waals surface area contributed by atoms with E-state index in [2.05, 4.69) is 16.0 Å². The molecule has 11 nitrogen and oxygen atoms in total. The van der Waals surface area contributed by atoms with Gasteiger partial charge in [-0.15, -0.1) is 0 Å². The number of hydrogen-bond acceptors (Lipinski definition) is 6. The molecule has 0 spiro atoms. The Balaban J connectivity index is 5.24. The molecule has 0 aromatic rings. The van der Waals surface area contributed by atoms with E-state index in [1.165, 1.54) is 6.92 Å². The fourth-order valence-electron chi connectivity index (χ4n) is 2.16. The third-order valence-electron chi connectivity index (χ3n) is 3.59. The van der Waals surface area contributed by atoms with E-state index in [-0.39, 0.29) is 25.3 Å². The standard InChI is InChI=1S/C16H29N5O6/c1-8(2)6-11(20-13(23)7-17)15(25)21-10(4-5-12(18)22)14(24)19-9(3)16(26)27/h8-11H,4-7,17H2,1-3H3,(H2,18,22)(H,19,24)(H,20,23)(H,21,25)(H,26,27). The van der Waals surface area contributed by atoms with Crippen LogP contribution in [0, 0.1) is 5.92 Å². The first kappa shape index (κ1) is 24.3. The van der Waals surface area contributed by atoms with Gasteiger partial charge in [0, 0.05) is 6.42 Å². The molecule has 0 saturated carbocycles. The van der Waals surface area contributed by atoms with Crippen molar-refractivity contribution in [3.8, 4) is 0 Å². The first-order chi connectivity index (χ1) is 12.5. The quantitative estimate of drug-likeness (QED) is 0.219. The maximum absolute atomic E-state index is 12.5. The lowest BCUT2D eigenvalue weighted by atomic mass is 10.0. The number of carboxylic acid groups (broad SMARTS) is 1. The molecule has 154 valence electrons. The van der Waals surface area contributed by atoms with Crippen LogP contribution in [0.5, 0.6) is 0 Å². The molecule has 0 aromatic carbocycles. The SMILES string of the molecule is CC(C)CC(NC(=O)CN)C(=O)NC(CCC(N)=O)C(=O)NC(C)C(=O)O. The molecule has 3 atom stereocenters. The normalized spacial score (nSPS) is 14.0. The topological polar surface area (TPSA) is 194 Å². The largest absolute Gasteiger partial charge is 0.480 e. The number of carbonyl (C=O) groups excluding carboxylic acids is 4. The van der Waals surface area contributed by atoms with Gasteiger partial charge in [-0.1, -0.05) is 13.8 Å². The summed E-state index contributed by atoms with van der Waals surface area (Å²) in [5.41, 5.74) is 10.3. The Morgan fingerprint density at radius 3 is 1.93 bits per heavy atom. The summed E-state index contributed by atoms with van der Waals surface area (Å²) >= 11 is 0. The second-order valence-electron chi connectivity index (χ2n) is 6.59. The van der Waals surface area contributed by atoms with Crippen LogP contribution >= 0.6 is 0 Å². The second-order valence-corrected chi connectivity index (χ2v) is 6.59. The van der Waals surface area contributed by atoms with Crippen molar-refractivity contribution in [3.05, 3.63) is 0 Å². The summed E-state index contributed by atoms with van der Waals surface area (Å²) in [6.45, 7) is 4.65. The summed E-state index contributed by atoms with van der Waals surface area (Å²) in [5, 5.41) is 16.0. The molecular formula is C16H29N5O6. The van der Waals surface area contributed by atoms with E-state index >= 15 is 0 Å². The van der Waals surface area contributed by atoms with Crippen molar-refractivity contribution in [1.82, 2.24) is 16.0 Å². The number of nitrogens with one attached hydrogen (secondary N) is 3. The van der Waals surface area contributed by atoms with Crippen LogP contribution in [-0.2, 0) is 24.0 Å². The molecule has 0 rings (SSSR count). The molecule has 27 heavy (non-hydrogen) atoms. The number of nitrogens with two attached hydrogens (primary N) is 2. The third-order valence-corrected chi connectivity index (χ3v) is 3.59. The average Bonchev–Trinajstić information content (AvgIpc) is 2.56. The molecule has 8 N–H and O–H groups in total. The van der Waals surface area contributed by atoms with Gasteiger partial charge >= 0.3 is 5.97 Å². The zero-order chi connectivity index (χ0) is 21.1. The summed E-state index contributed by atoms with van der Waals surface area (Å²) in [6, 6.07) is -3.30. The van der Waals surface area contributed by atoms with E-state index in [1.54, 1.807) is 0 Å². The first-order valence-corrected chi connectivity index (χ1v) is 8.59. The van der Waals surface area contributed by atoms with Gasteiger partial charge in [-0.3, -0.25) is 24.0 Å². The van der Waals surface area contributed by atoms with E-state index in [4.69, 9.17) is 16.6 Å². The highest BCUT2D eigenvalue weighted by molar-refractivity contribution is 5.93. The van der Waals surface area contributed by atoms with Crippen molar-refractivity contribution < 1.29 is 29.1 Å². The predicted molar refractivity (Wildman–Crippen MR) is 96.0 cm³/mol. The number of aliphatic carboxylic acids is 1.